The molecule has 1 saturated heterocycles. The van der Waals surface area contributed by atoms with Crippen LogP contribution in [0.1, 0.15) is 71.4 Å². The van der Waals surface area contributed by atoms with Crippen molar-refractivity contribution in [3.05, 3.63) is 47.3 Å². The van der Waals surface area contributed by atoms with Gasteiger partial charge in [0.25, 0.3) is 6.01 Å². The fraction of sp³-hybridized carbons (Fsp3) is 0.536. The van der Waals surface area contributed by atoms with Crippen molar-refractivity contribution in [1.29, 1.82) is 0 Å². The van der Waals surface area contributed by atoms with Crippen molar-refractivity contribution in [3.63, 3.8) is 0 Å². The molecule has 1 saturated carbocycles. The van der Waals surface area contributed by atoms with Gasteiger partial charge in [0.1, 0.15) is 6.10 Å². The number of carbonyl (C=O) groups is 1. The lowest BCUT2D eigenvalue weighted by molar-refractivity contribution is -0.151. The minimum atomic E-state index is -0.741. The third-order valence-electron chi connectivity index (χ3n) is 7.74. The topological polar surface area (TPSA) is 91.3 Å². The van der Waals surface area contributed by atoms with E-state index in [0.717, 1.165) is 55.6 Å². The molecule has 7 nitrogen and oxygen atoms in total. The molecule has 36 heavy (non-hydrogen) atoms. The van der Waals surface area contributed by atoms with Gasteiger partial charge in [-0.3, -0.25) is 4.79 Å². The van der Waals surface area contributed by atoms with Crippen LogP contribution in [0.5, 0.6) is 6.01 Å². The standard InChI is InChI=1S/C28H37ClN4O3/c1-5-20(33-15-7-6-8-16-33)12-9-18(2)24-22(29)17-23-25(31-24)32-27(30-23)36-21-13-10-19(11-14-21)28(3,4)26(34)35/h5,9,12,17,19,21H,1,6-8,10-11,13-16H2,2-4H3,(H,34,35)(H,30,31,32)/b18-9+,20-12+. The van der Waals surface area contributed by atoms with Crippen LogP contribution >= 0.6 is 11.6 Å². The summed E-state index contributed by atoms with van der Waals surface area (Å²) in [4.78, 5) is 26.4. The van der Waals surface area contributed by atoms with Gasteiger partial charge in [0, 0.05) is 18.8 Å². The molecule has 4 rings (SSSR count). The molecule has 0 atom stereocenters. The van der Waals surface area contributed by atoms with E-state index in [0.29, 0.717) is 22.4 Å². The first-order valence-corrected chi connectivity index (χ1v) is 13.3. The molecular formula is C28H37ClN4O3. The van der Waals surface area contributed by atoms with Gasteiger partial charge in [0.2, 0.25) is 0 Å². The summed E-state index contributed by atoms with van der Waals surface area (Å²) in [5, 5.41) is 10.1. The highest BCUT2D eigenvalue weighted by molar-refractivity contribution is 6.32. The van der Waals surface area contributed by atoms with Gasteiger partial charge in [0.05, 0.1) is 21.6 Å². The fourth-order valence-corrected chi connectivity index (χ4v) is 5.51. The minimum absolute atomic E-state index is 0.000213. The number of ether oxygens (including phenoxy) is 1. The van der Waals surface area contributed by atoms with Crippen molar-refractivity contribution in [1.82, 2.24) is 19.9 Å². The Morgan fingerprint density at radius 2 is 1.89 bits per heavy atom. The second kappa shape index (κ2) is 11.1. The number of aromatic amines is 1. The summed E-state index contributed by atoms with van der Waals surface area (Å²) in [5.74, 6) is -0.594. The smallest absolute Gasteiger partial charge is 0.309 e. The number of hydrogen-bond acceptors (Lipinski definition) is 5. The van der Waals surface area contributed by atoms with Gasteiger partial charge in [-0.1, -0.05) is 24.3 Å². The number of nitrogens with zero attached hydrogens (tertiary/aromatic N) is 3. The predicted octanol–water partition coefficient (Wildman–Crippen LogP) is 6.62. The van der Waals surface area contributed by atoms with E-state index in [1.807, 2.05) is 39.0 Å². The molecule has 194 valence electrons. The Labute approximate surface area is 218 Å². The van der Waals surface area contributed by atoms with Crippen LogP contribution in [0.15, 0.2) is 36.6 Å². The number of carboxylic acid groups (broad SMARTS) is 1. The molecule has 0 radical (unpaired) electrons. The molecule has 0 aromatic carbocycles. The maximum absolute atomic E-state index is 11.6. The largest absolute Gasteiger partial charge is 0.481 e. The molecule has 1 aliphatic heterocycles. The molecule has 2 fully saturated rings. The minimum Gasteiger partial charge on any atom is -0.481 e. The van der Waals surface area contributed by atoms with Crippen molar-refractivity contribution < 1.29 is 14.6 Å². The molecule has 2 aliphatic rings. The lowest BCUT2D eigenvalue weighted by Crippen LogP contribution is -2.37. The van der Waals surface area contributed by atoms with Gasteiger partial charge >= 0.3 is 5.97 Å². The number of aromatic nitrogens is 3. The molecule has 2 aromatic heterocycles. The zero-order chi connectivity index (χ0) is 25.9. The average Bonchev–Trinajstić information content (AvgIpc) is 3.25. The second-order valence-electron chi connectivity index (χ2n) is 10.5. The summed E-state index contributed by atoms with van der Waals surface area (Å²) in [6.45, 7) is 11.7. The van der Waals surface area contributed by atoms with E-state index >= 15 is 0 Å². The lowest BCUT2D eigenvalue weighted by atomic mass is 9.70. The van der Waals surface area contributed by atoms with Crippen molar-refractivity contribution in [2.24, 2.45) is 11.3 Å². The number of carboxylic acids is 1. The average molecular weight is 513 g/mol. The van der Waals surface area contributed by atoms with Gasteiger partial charge in [-0.2, -0.15) is 4.98 Å². The number of likely N-dealkylation sites (tertiary alicyclic amines) is 1. The van der Waals surface area contributed by atoms with Crippen LogP contribution in [0.4, 0.5) is 0 Å². The Bertz CT molecular complexity index is 1170. The van der Waals surface area contributed by atoms with Crippen LogP contribution in [0.2, 0.25) is 5.02 Å². The van der Waals surface area contributed by atoms with E-state index in [4.69, 9.17) is 21.3 Å². The van der Waals surface area contributed by atoms with Gasteiger partial charge < -0.3 is 19.7 Å². The zero-order valence-electron chi connectivity index (χ0n) is 21.5. The first-order valence-electron chi connectivity index (χ1n) is 12.9. The Morgan fingerprint density at radius 1 is 1.19 bits per heavy atom. The highest BCUT2D eigenvalue weighted by Gasteiger charge is 2.39. The van der Waals surface area contributed by atoms with Crippen molar-refractivity contribution in [2.45, 2.75) is 71.8 Å². The number of piperidine rings is 1. The van der Waals surface area contributed by atoms with Crippen LogP contribution < -0.4 is 4.74 Å². The monoisotopic (exact) mass is 512 g/mol. The van der Waals surface area contributed by atoms with Crippen LogP contribution in [-0.4, -0.2) is 50.1 Å². The predicted molar refractivity (Wildman–Crippen MR) is 144 cm³/mol. The highest BCUT2D eigenvalue weighted by atomic mass is 35.5. The van der Waals surface area contributed by atoms with Crippen molar-refractivity contribution >= 4 is 34.3 Å². The van der Waals surface area contributed by atoms with E-state index in [1.165, 1.54) is 19.3 Å². The number of rotatable bonds is 8. The molecule has 3 heterocycles. The van der Waals surface area contributed by atoms with Crippen molar-refractivity contribution in [3.8, 4) is 6.01 Å². The lowest BCUT2D eigenvalue weighted by Gasteiger charge is -2.36. The molecule has 0 unspecified atom stereocenters. The zero-order valence-corrected chi connectivity index (χ0v) is 22.3. The first-order chi connectivity index (χ1) is 17.2. The number of nitrogens with one attached hydrogen (secondary N) is 1. The maximum Gasteiger partial charge on any atom is 0.309 e. The molecule has 8 heteroatoms. The summed E-state index contributed by atoms with van der Waals surface area (Å²) >= 11 is 6.59. The fourth-order valence-electron chi connectivity index (χ4n) is 5.21. The summed E-state index contributed by atoms with van der Waals surface area (Å²) in [7, 11) is 0. The Balaban J connectivity index is 1.45. The molecule has 2 aromatic rings. The number of H-pyrrole nitrogens is 1. The number of fused-ring (bicyclic) bond motifs is 1. The van der Waals surface area contributed by atoms with Crippen LogP contribution in [0.25, 0.3) is 16.7 Å². The number of pyridine rings is 1. The molecule has 0 spiro atoms. The number of imidazole rings is 1. The van der Waals surface area contributed by atoms with E-state index in [9.17, 15) is 9.90 Å². The SMILES string of the molecule is C=C/C(=C\C=C(/C)c1nc2nc(OC3CCC(C(C)(C)C(=O)O)CC3)[nH]c2cc1Cl)N1CCCCC1. The molecule has 0 amide bonds. The van der Waals surface area contributed by atoms with Gasteiger partial charge in [-0.15, -0.1) is 0 Å². The van der Waals surface area contributed by atoms with Gasteiger partial charge in [-0.05, 0) is 95.4 Å². The van der Waals surface area contributed by atoms with Crippen molar-refractivity contribution in [2.75, 3.05) is 13.1 Å². The van der Waals surface area contributed by atoms with Crippen LogP contribution in [-0.2, 0) is 4.79 Å². The number of hydrogen-bond donors (Lipinski definition) is 2. The second-order valence-corrected chi connectivity index (χ2v) is 11.0. The summed E-state index contributed by atoms with van der Waals surface area (Å²) < 4.78 is 6.12. The number of allylic oxidation sites excluding steroid dienone is 4. The van der Waals surface area contributed by atoms with Gasteiger partial charge in [0.15, 0.2) is 5.65 Å². The maximum atomic E-state index is 11.6. The third kappa shape index (κ3) is 5.77. The molecule has 0 bridgehead atoms. The van der Waals surface area contributed by atoms with Crippen LogP contribution in [0, 0.1) is 11.3 Å². The summed E-state index contributed by atoms with van der Waals surface area (Å²) in [6, 6.07) is 2.26. The Hall–Kier alpha value is -2.80. The molecular weight excluding hydrogens is 476 g/mol. The van der Waals surface area contributed by atoms with E-state index in [2.05, 4.69) is 27.5 Å². The Kier molecular flexibility index (Phi) is 8.08. The quantitative estimate of drug-likeness (QED) is 0.386. The first kappa shape index (κ1) is 26.3. The number of halogens is 1. The normalized spacial score (nSPS) is 22.1. The summed E-state index contributed by atoms with van der Waals surface area (Å²) in [5.41, 5.74) is 3.32. The van der Waals surface area contributed by atoms with E-state index in [1.54, 1.807) is 0 Å². The molecule has 2 N–H and O–H groups in total. The number of aliphatic carboxylic acids is 1. The summed E-state index contributed by atoms with van der Waals surface area (Å²) in [6.07, 6.45) is 13.0. The third-order valence-corrected chi connectivity index (χ3v) is 8.03. The molecule has 1 aliphatic carbocycles. The van der Waals surface area contributed by atoms with Gasteiger partial charge in [-0.25, -0.2) is 4.98 Å². The van der Waals surface area contributed by atoms with Crippen LogP contribution in [0.3, 0.4) is 0 Å². The van der Waals surface area contributed by atoms with E-state index < -0.39 is 11.4 Å². The Morgan fingerprint density at radius 3 is 2.53 bits per heavy atom. The highest BCUT2D eigenvalue weighted by Crippen LogP contribution is 2.39. The van der Waals surface area contributed by atoms with E-state index in [-0.39, 0.29) is 12.0 Å².